The van der Waals surface area contributed by atoms with Crippen molar-refractivity contribution in [2.75, 3.05) is 13.1 Å². The smallest absolute Gasteiger partial charge is 0.0553 e. The van der Waals surface area contributed by atoms with Crippen LogP contribution in [-0.4, -0.2) is 41.3 Å². The van der Waals surface area contributed by atoms with Crippen molar-refractivity contribution in [1.82, 2.24) is 4.90 Å². The van der Waals surface area contributed by atoms with Gasteiger partial charge >= 0.3 is 0 Å². The summed E-state index contributed by atoms with van der Waals surface area (Å²) in [5.74, 6) is 0.393. The molecule has 1 aliphatic carbocycles. The maximum atomic E-state index is 9.53. The summed E-state index contributed by atoms with van der Waals surface area (Å²) < 4.78 is 0. The average Bonchev–Trinajstić information content (AvgIpc) is 2.85. The Labute approximate surface area is 79.9 Å². The zero-order chi connectivity index (χ0) is 9.42. The molecule has 2 rings (SSSR count). The van der Waals surface area contributed by atoms with Gasteiger partial charge in [0.15, 0.2) is 0 Å². The third kappa shape index (κ3) is 2.22. The molecule has 3 heteroatoms. The molecule has 0 bridgehead atoms. The highest BCUT2D eigenvalue weighted by atomic mass is 16.3. The Hall–Kier alpha value is -0.120. The van der Waals surface area contributed by atoms with Gasteiger partial charge in [0.25, 0.3) is 0 Å². The number of hydrogen-bond donors (Lipinski definition) is 2. The van der Waals surface area contributed by atoms with Crippen molar-refractivity contribution in [1.29, 1.82) is 0 Å². The normalized spacial score (nSPS) is 39.0. The molecule has 0 aromatic rings. The minimum Gasteiger partial charge on any atom is -0.393 e. The summed E-state index contributed by atoms with van der Waals surface area (Å²) in [6.07, 6.45) is 3.45. The molecule has 0 aromatic carbocycles. The molecule has 3 atom stereocenters. The Balaban J connectivity index is 1.92. The van der Waals surface area contributed by atoms with Crippen molar-refractivity contribution < 1.29 is 5.11 Å². The Morgan fingerprint density at radius 3 is 2.62 bits per heavy atom. The van der Waals surface area contributed by atoms with E-state index >= 15 is 0 Å². The second-order valence-corrected chi connectivity index (χ2v) is 4.68. The van der Waals surface area contributed by atoms with Crippen LogP contribution in [0.15, 0.2) is 0 Å². The Kier molecular flexibility index (Phi) is 2.58. The molecule has 1 saturated carbocycles. The predicted octanol–water partition coefficient (Wildman–Crippen LogP) is 0.179. The van der Waals surface area contributed by atoms with Gasteiger partial charge in [-0.3, -0.25) is 4.90 Å². The molecule has 0 amide bonds. The molecule has 1 heterocycles. The molecule has 0 spiro atoms. The van der Waals surface area contributed by atoms with Crippen LogP contribution in [0.4, 0.5) is 0 Å². The molecule has 0 aromatic heterocycles. The van der Waals surface area contributed by atoms with Crippen LogP contribution in [0, 0.1) is 5.92 Å². The molecule has 76 valence electrons. The molecule has 13 heavy (non-hydrogen) atoms. The first-order valence-corrected chi connectivity index (χ1v) is 5.34. The van der Waals surface area contributed by atoms with Gasteiger partial charge in [0.1, 0.15) is 0 Å². The summed E-state index contributed by atoms with van der Waals surface area (Å²) in [5.41, 5.74) is 5.97. The van der Waals surface area contributed by atoms with Gasteiger partial charge in [-0.15, -0.1) is 0 Å². The van der Waals surface area contributed by atoms with E-state index in [0.717, 1.165) is 25.6 Å². The van der Waals surface area contributed by atoms with Gasteiger partial charge in [-0.2, -0.15) is 0 Å². The summed E-state index contributed by atoms with van der Waals surface area (Å²) in [7, 11) is 0. The van der Waals surface area contributed by atoms with Gasteiger partial charge in [-0.05, 0) is 32.1 Å². The summed E-state index contributed by atoms with van der Waals surface area (Å²) in [4.78, 5) is 2.46. The number of rotatable bonds is 2. The highest BCUT2D eigenvalue weighted by Crippen LogP contribution is 2.31. The zero-order valence-corrected chi connectivity index (χ0v) is 8.32. The minimum absolute atomic E-state index is 0.201. The molecular formula is C10H20N2O. The van der Waals surface area contributed by atoms with Crippen molar-refractivity contribution >= 4 is 0 Å². The maximum absolute atomic E-state index is 9.53. The van der Waals surface area contributed by atoms with Gasteiger partial charge in [0.2, 0.25) is 0 Å². The van der Waals surface area contributed by atoms with Crippen molar-refractivity contribution in [2.24, 2.45) is 11.7 Å². The topological polar surface area (TPSA) is 49.5 Å². The van der Waals surface area contributed by atoms with Gasteiger partial charge in [-0.1, -0.05) is 0 Å². The monoisotopic (exact) mass is 184 g/mol. The Morgan fingerprint density at radius 1 is 1.38 bits per heavy atom. The van der Waals surface area contributed by atoms with E-state index in [9.17, 15) is 5.11 Å². The third-order valence-corrected chi connectivity index (χ3v) is 3.29. The van der Waals surface area contributed by atoms with E-state index in [-0.39, 0.29) is 12.1 Å². The van der Waals surface area contributed by atoms with Gasteiger partial charge in [-0.25, -0.2) is 0 Å². The number of piperidine rings is 1. The van der Waals surface area contributed by atoms with Crippen LogP contribution < -0.4 is 5.73 Å². The second-order valence-electron chi connectivity index (χ2n) is 4.68. The fraction of sp³-hybridized carbons (Fsp3) is 1.00. The fourth-order valence-corrected chi connectivity index (χ4v) is 2.30. The van der Waals surface area contributed by atoms with Gasteiger partial charge < -0.3 is 10.8 Å². The van der Waals surface area contributed by atoms with Crippen LogP contribution >= 0.6 is 0 Å². The molecule has 1 aliphatic heterocycles. The first kappa shape index (κ1) is 9.44. The van der Waals surface area contributed by atoms with Crippen LogP contribution in [0.25, 0.3) is 0 Å². The molecule has 0 radical (unpaired) electrons. The van der Waals surface area contributed by atoms with Crippen molar-refractivity contribution in [3.05, 3.63) is 0 Å². The van der Waals surface area contributed by atoms with Crippen molar-refractivity contribution in [2.45, 2.75) is 44.4 Å². The van der Waals surface area contributed by atoms with E-state index in [2.05, 4.69) is 4.90 Å². The number of hydrogen-bond acceptors (Lipinski definition) is 3. The number of aliphatic hydroxyl groups excluding tert-OH is 1. The highest BCUT2D eigenvalue weighted by molar-refractivity contribution is 4.92. The van der Waals surface area contributed by atoms with E-state index in [4.69, 9.17) is 5.73 Å². The number of nitrogens with two attached hydrogens (primary N) is 1. The molecule has 1 saturated heterocycles. The van der Waals surface area contributed by atoms with Crippen molar-refractivity contribution in [3.8, 4) is 0 Å². The number of likely N-dealkylation sites (tertiary alicyclic amines) is 1. The standard InChI is InChI=1S/C10H20N2O/c1-7(13)8-4-9(11)6-12(5-8)10-2-3-10/h7-10,13H,2-6,11H2,1H3. The van der Waals surface area contributed by atoms with Crippen LogP contribution in [-0.2, 0) is 0 Å². The highest BCUT2D eigenvalue weighted by Gasteiger charge is 2.36. The third-order valence-electron chi connectivity index (χ3n) is 3.29. The zero-order valence-electron chi connectivity index (χ0n) is 8.32. The Morgan fingerprint density at radius 2 is 2.08 bits per heavy atom. The second kappa shape index (κ2) is 3.56. The van der Waals surface area contributed by atoms with Crippen molar-refractivity contribution in [3.63, 3.8) is 0 Å². The van der Waals surface area contributed by atoms with E-state index in [1.54, 1.807) is 0 Å². The first-order valence-electron chi connectivity index (χ1n) is 5.34. The fourth-order valence-electron chi connectivity index (χ4n) is 2.30. The molecule has 3 unspecified atom stereocenters. The van der Waals surface area contributed by atoms with E-state index in [1.807, 2.05) is 6.92 Å². The molecule has 2 fully saturated rings. The summed E-state index contributed by atoms with van der Waals surface area (Å²) in [6.45, 7) is 3.97. The lowest BCUT2D eigenvalue weighted by atomic mass is 9.90. The number of nitrogens with zero attached hydrogens (tertiary/aromatic N) is 1. The average molecular weight is 184 g/mol. The Bertz CT molecular complexity index is 170. The SMILES string of the molecule is CC(O)C1CC(N)CN(C2CC2)C1. The maximum Gasteiger partial charge on any atom is 0.0553 e. The van der Waals surface area contributed by atoms with Gasteiger partial charge in [0.05, 0.1) is 6.10 Å². The predicted molar refractivity (Wildman–Crippen MR) is 52.4 cm³/mol. The summed E-state index contributed by atoms with van der Waals surface area (Å²) >= 11 is 0. The van der Waals surface area contributed by atoms with E-state index < -0.39 is 0 Å². The van der Waals surface area contributed by atoms with Crippen LogP contribution in [0.1, 0.15) is 26.2 Å². The lowest BCUT2D eigenvalue weighted by molar-refractivity contribution is 0.0515. The molecular weight excluding hydrogens is 164 g/mol. The largest absolute Gasteiger partial charge is 0.393 e. The van der Waals surface area contributed by atoms with Crippen LogP contribution in [0.5, 0.6) is 0 Å². The van der Waals surface area contributed by atoms with E-state index in [0.29, 0.717) is 5.92 Å². The molecule has 3 N–H and O–H groups in total. The number of aliphatic hydroxyl groups is 1. The van der Waals surface area contributed by atoms with E-state index in [1.165, 1.54) is 12.8 Å². The summed E-state index contributed by atoms with van der Waals surface area (Å²) in [5, 5.41) is 9.53. The lowest BCUT2D eigenvalue weighted by Crippen LogP contribution is -2.50. The van der Waals surface area contributed by atoms with Crippen LogP contribution in [0.3, 0.4) is 0 Å². The first-order chi connectivity index (χ1) is 6.16. The van der Waals surface area contributed by atoms with Gasteiger partial charge in [0, 0.05) is 25.2 Å². The lowest BCUT2D eigenvalue weighted by Gasteiger charge is -2.37. The molecule has 2 aliphatic rings. The minimum atomic E-state index is -0.201. The molecule has 3 nitrogen and oxygen atoms in total. The quantitative estimate of drug-likeness (QED) is 0.643. The summed E-state index contributed by atoms with van der Waals surface area (Å²) in [6, 6.07) is 1.06. The van der Waals surface area contributed by atoms with Crippen LogP contribution in [0.2, 0.25) is 0 Å².